The summed E-state index contributed by atoms with van der Waals surface area (Å²) in [4.78, 5) is 0.842. The van der Waals surface area contributed by atoms with Gasteiger partial charge in [-0.05, 0) is 38.8 Å². The van der Waals surface area contributed by atoms with Crippen molar-refractivity contribution in [1.29, 1.82) is 0 Å². The van der Waals surface area contributed by atoms with E-state index in [2.05, 4.69) is 39.4 Å². The van der Waals surface area contributed by atoms with Gasteiger partial charge in [0.1, 0.15) is 6.10 Å². The van der Waals surface area contributed by atoms with Gasteiger partial charge in [0.2, 0.25) is 0 Å². The van der Waals surface area contributed by atoms with Crippen LogP contribution in [-0.2, 0) is 0 Å². The quantitative estimate of drug-likeness (QED) is 0.941. The fourth-order valence-electron chi connectivity index (χ4n) is 1.42. The van der Waals surface area contributed by atoms with Crippen LogP contribution in [0.15, 0.2) is 15.2 Å². The van der Waals surface area contributed by atoms with Gasteiger partial charge in [-0.15, -0.1) is 5.10 Å². The van der Waals surface area contributed by atoms with Crippen LogP contribution in [-0.4, -0.2) is 14.7 Å². The molecule has 2 aromatic heterocycles. The van der Waals surface area contributed by atoms with Gasteiger partial charge in [0.05, 0.1) is 10.6 Å². The molecule has 16 heavy (non-hydrogen) atoms. The number of hydrogen-bond donors (Lipinski definition) is 1. The number of nitrogens with zero attached hydrogens (tertiary/aromatic N) is 2. The highest BCUT2D eigenvalue weighted by Gasteiger charge is 2.22. The fourth-order valence-corrected chi connectivity index (χ4v) is 3.77. The monoisotopic (exact) mass is 318 g/mol. The molecule has 0 fully saturated rings. The summed E-state index contributed by atoms with van der Waals surface area (Å²) < 4.78 is 4.86. The molecular formula is C10H11BrN2OS2. The lowest BCUT2D eigenvalue weighted by Crippen LogP contribution is -2.02. The molecule has 0 saturated carbocycles. The lowest BCUT2D eigenvalue weighted by atomic mass is 10.0. The third-order valence-corrected chi connectivity index (χ3v) is 4.82. The number of aliphatic hydroxyl groups is 1. The molecule has 2 heterocycles. The van der Waals surface area contributed by atoms with Crippen molar-refractivity contribution in [1.82, 2.24) is 9.59 Å². The fraction of sp³-hybridized carbons (Fsp3) is 0.400. The molecule has 3 nitrogen and oxygen atoms in total. The number of hydrogen-bond acceptors (Lipinski definition) is 5. The van der Waals surface area contributed by atoms with E-state index >= 15 is 0 Å². The Balaban J connectivity index is 2.38. The Morgan fingerprint density at radius 2 is 2.12 bits per heavy atom. The molecular weight excluding hydrogens is 308 g/mol. The topological polar surface area (TPSA) is 46.0 Å². The molecule has 0 saturated heterocycles. The average molecular weight is 319 g/mol. The summed E-state index contributed by atoms with van der Waals surface area (Å²) in [5, 5.41) is 18.3. The Morgan fingerprint density at radius 1 is 1.38 bits per heavy atom. The van der Waals surface area contributed by atoms with E-state index in [0.29, 0.717) is 0 Å². The smallest absolute Gasteiger partial charge is 0.119 e. The summed E-state index contributed by atoms with van der Waals surface area (Å²) in [5.41, 5.74) is 1.77. The predicted octanol–water partition coefficient (Wildman–Crippen LogP) is 3.57. The van der Waals surface area contributed by atoms with Crippen LogP contribution in [0.25, 0.3) is 0 Å². The van der Waals surface area contributed by atoms with Crippen molar-refractivity contribution in [3.8, 4) is 0 Å². The molecule has 1 N–H and O–H groups in total. The van der Waals surface area contributed by atoms with Crippen LogP contribution in [0.1, 0.15) is 42.0 Å². The largest absolute Gasteiger partial charge is 0.383 e. The summed E-state index contributed by atoms with van der Waals surface area (Å²) in [6.07, 6.45) is -0.627. The first-order valence-corrected chi connectivity index (χ1v) is 7.34. The van der Waals surface area contributed by atoms with Crippen molar-refractivity contribution in [2.75, 3.05) is 0 Å². The van der Waals surface area contributed by atoms with Gasteiger partial charge in [0.25, 0.3) is 0 Å². The van der Waals surface area contributed by atoms with E-state index in [1.165, 1.54) is 11.5 Å². The van der Waals surface area contributed by atoms with Crippen molar-refractivity contribution in [3.63, 3.8) is 0 Å². The van der Waals surface area contributed by atoms with Gasteiger partial charge in [-0.1, -0.05) is 18.3 Å². The van der Waals surface area contributed by atoms with Gasteiger partial charge in [-0.3, -0.25) is 0 Å². The van der Waals surface area contributed by atoms with Gasteiger partial charge in [0, 0.05) is 15.4 Å². The molecule has 0 bridgehead atoms. The minimum Gasteiger partial charge on any atom is -0.383 e. The lowest BCUT2D eigenvalue weighted by Gasteiger charge is -2.10. The summed E-state index contributed by atoms with van der Waals surface area (Å²) in [6, 6.07) is 0. The highest BCUT2D eigenvalue weighted by molar-refractivity contribution is 9.10. The Morgan fingerprint density at radius 3 is 2.69 bits per heavy atom. The second-order valence-corrected chi connectivity index (χ2v) is 6.14. The molecule has 2 rings (SSSR count). The summed E-state index contributed by atoms with van der Waals surface area (Å²) in [7, 11) is 0. The highest BCUT2D eigenvalue weighted by atomic mass is 79.9. The van der Waals surface area contributed by atoms with E-state index in [1.54, 1.807) is 11.3 Å². The molecule has 0 aliphatic carbocycles. The molecule has 0 aliphatic rings. The second kappa shape index (κ2) is 4.91. The van der Waals surface area contributed by atoms with E-state index in [4.69, 9.17) is 0 Å². The Bertz CT molecular complexity index is 481. The van der Waals surface area contributed by atoms with Gasteiger partial charge >= 0.3 is 0 Å². The van der Waals surface area contributed by atoms with Crippen LogP contribution in [0.4, 0.5) is 0 Å². The normalized spacial score (nSPS) is 13.3. The van der Waals surface area contributed by atoms with E-state index in [9.17, 15) is 5.11 Å². The zero-order valence-electron chi connectivity index (χ0n) is 8.85. The standard InChI is InChI=1S/C10H11BrN2OS2/c1-5(2)8-10(16-13-12-8)9(14)6-3-15-4-7(6)11/h3-5,9,14H,1-2H3. The second-order valence-electron chi connectivity index (χ2n) is 3.75. The third-order valence-electron chi connectivity index (χ3n) is 2.27. The maximum absolute atomic E-state index is 10.3. The van der Waals surface area contributed by atoms with Crippen molar-refractivity contribution in [2.45, 2.75) is 25.9 Å². The molecule has 1 atom stereocenters. The Kier molecular flexibility index (Phi) is 3.73. The van der Waals surface area contributed by atoms with Gasteiger partial charge in [-0.25, -0.2) is 0 Å². The van der Waals surface area contributed by atoms with Gasteiger partial charge in [-0.2, -0.15) is 11.3 Å². The van der Waals surface area contributed by atoms with Crippen LogP contribution >= 0.6 is 38.8 Å². The number of halogens is 1. The average Bonchev–Trinajstić information content (AvgIpc) is 2.84. The molecule has 2 aromatic rings. The molecule has 6 heteroatoms. The number of rotatable bonds is 3. The summed E-state index contributed by atoms with van der Waals surface area (Å²) in [6.45, 7) is 4.10. The number of aliphatic hydroxyl groups excluding tert-OH is 1. The molecule has 0 amide bonds. The van der Waals surface area contributed by atoms with Crippen LogP contribution in [0.3, 0.4) is 0 Å². The molecule has 0 spiro atoms. The molecule has 1 unspecified atom stereocenters. The van der Waals surface area contributed by atoms with Crippen molar-refractivity contribution in [2.24, 2.45) is 0 Å². The molecule has 86 valence electrons. The minimum atomic E-state index is -0.627. The van der Waals surface area contributed by atoms with Crippen molar-refractivity contribution in [3.05, 3.63) is 31.4 Å². The van der Waals surface area contributed by atoms with Crippen molar-refractivity contribution >= 4 is 38.8 Å². The predicted molar refractivity (Wildman–Crippen MR) is 70.1 cm³/mol. The maximum Gasteiger partial charge on any atom is 0.119 e. The minimum absolute atomic E-state index is 0.279. The van der Waals surface area contributed by atoms with Crippen LogP contribution in [0, 0.1) is 0 Å². The zero-order chi connectivity index (χ0) is 11.7. The molecule has 0 radical (unpaired) electrons. The summed E-state index contributed by atoms with van der Waals surface area (Å²) >= 11 is 6.26. The van der Waals surface area contributed by atoms with Crippen LogP contribution in [0.5, 0.6) is 0 Å². The lowest BCUT2D eigenvalue weighted by molar-refractivity contribution is 0.222. The summed E-state index contributed by atoms with van der Waals surface area (Å²) in [5.74, 6) is 0.279. The number of thiophene rings is 1. The third kappa shape index (κ3) is 2.20. The SMILES string of the molecule is CC(C)c1nnsc1C(O)c1cscc1Br. The Hall–Kier alpha value is -0.300. The first-order chi connectivity index (χ1) is 7.61. The number of aromatic nitrogens is 2. The van der Waals surface area contributed by atoms with Crippen molar-refractivity contribution < 1.29 is 5.11 Å². The Labute approximate surface area is 110 Å². The highest BCUT2D eigenvalue weighted by Crippen LogP contribution is 2.35. The van der Waals surface area contributed by atoms with Crippen LogP contribution in [0.2, 0.25) is 0 Å². The molecule has 0 aromatic carbocycles. The first kappa shape index (κ1) is 12.2. The van der Waals surface area contributed by atoms with E-state index in [-0.39, 0.29) is 5.92 Å². The first-order valence-electron chi connectivity index (χ1n) is 4.83. The van der Waals surface area contributed by atoms with Crippen LogP contribution < -0.4 is 0 Å². The van der Waals surface area contributed by atoms with Gasteiger partial charge in [0.15, 0.2) is 0 Å². The van der Waals surface area contributed by atoms with Gasteiger partial charge < -0.3 is 5.11 Å². The zero-order valence-corrected chi connectivity index (χ0v) is 12.1. The molecule has 0 aliphatic heterocycles. The van der Waals surface area contributed by atoms with E-state index in [0.717, 1.165) is 20.6 Å². The maximum atomic E-state index is 10.3. The van der Waals surface area contributed by atoms with E-state index < -0.39 is 6.10 Å². The van der Waals surface area contributed by atoms with E-state index in [1.807, 2.05) is 10.8 Å².